The van der Waals surface area contributed by atoms with Gasteiger partial charge in [-0.25, -0.2) is 8.78 Å². The van der Waals surface area contributed by atoms with Crippen molar-refractivity contribution >= 4 is 17.7 Å². The maximum atomic E-state index is 13.5. The van der Waals surface area contributed by atoms with Crippen molar-refractivity contribution in [2.75, 3.05) is 18.6 Å². The Labute approximate surface area is 133 Å². The van der Waals surface area contributed by atoms with Crippen molar-refractivity contribution in [1.29, 1.82) is 0 Å². The number of amides is 1. The van der Waals surface area contributed by atoms with Gasteiger partial charge in [0.1, 0.15) is 0 Å². The Hall–Kier alpha value is -1.14. The summed E-state index contributed by atoms with van der Waals surface area (Å²) in [5, 5.41) is 3.57. The zero-order valence-electron chi connectivity index (χ0n) is 12.5. The maximum absolute atomic E-state index is 13.5. The second-order valence-corrected chi connectivity index (χ2v) is 7.21. The van der Waals surface area contributed by atoms with Crippen molar-refractivity contribution in [3.05, 3.63) is 35.4 Å². The van der Waals surface area contributed by atoms with E-state index in [1.54, 1.807) is 18.0 Å². The van der Waals surface area contributed by atoms with Crippen LogP contribution in [-0.2, 0) is 4.79 Å². The fourth-order valence-corrected chi connectivity index (χ4v) is 4.44. The van der Waals surface area contributed by atoms with Crippen molar-refractivity contribution in [2.45, 2.75) is 37.4 Å². The van der Waals surface area contributed by atoms with E-state index in [0.717, 1.165) is 30.4 Å². The van der Waals surface area contributed by atoms with Crippen LogP contribution in [0, 0.1) is 11.6 Å². The Kier molecular flexibility index (Phi) is 4.68. The van der Waals surface area contributed by atoms with Gasteiger partial charge in [-0.15, -0.1) is 0 Å². The standard InChI is InChI=1S/C16H20F2N2OS/c1-20-15(21)9-14(19-11-4-6-22-7-5-11)16(20)10-2-3-12(17)13(18)8-10/h2-3,8,11,14,16,19H,4-7,9H2,1H3/t14-,16+/m1/s1. The number of likely N-dealkylation sites (tertiary alicyclic amines) is 1. The zero-order chi connectivity index (χ0) is 15.7. The number of carbonyl (C=O) groups excluding carboxylic acids is 1. The Balaban J connectivity index is 1.81. The summed E-state index contributed by atoms with van der Waals surface area (Å²) in [6, 6.07) is 4.03. The first kappa shape index (κ1) is 15.7. The quantitative estimate of drug-likeness (QED) is 0.927. The molecule has 0 aliphatic carbocycles. The van der Waals surface area contributed by atoms with Gasteiger partial charge in [0.2, 0.25) is 5.91 Å². The van der Waals surface area contributed by atoms with E-state index in [9.17, 15) is 13.6 Å². The van der Waals surface area contributed by atoms with Crippen LogP contribution in [0.3, 0.4) is 0 Å². The Bertz CT molecular complexity index is 563. The van der Waals surface area contributed by atoms with Gasteiger partial charge in [0, 0.05) is 25.6 Å². The highest BCUT2D eigenvalue weighted by Crippen LogP contribution is 2.33. The summed E-state index contributed by atoms with van der Waals surface area (Å²) >= 11 is 1.95. The van der Waals surface area contributed by atoms with Gasteiger partial charge >= 0.3 is 0 Å². The molecule has 0 radical (unpaired) electrons. The number of halogens is 2. The smallest absolute Gasteiger partial charge is 0.224 e. The van der Waals surface area contributed by atoms with Crippen LogP contribution in [0.1, 0.15) is 30.9 Å². The van der Waals surface area contributed by atoms with Gasteiger partial charge in [0.25, 0.3) is 0 Å². The lowest BCUT2D eigenvalue weighted by Gasteiger charge is -2.31. The van der Waals surface area contributed by atoms with Crippen LogP contribution in [0.15, 0.2) is 18.2 Å². The van der Waals surface area contributed by atoms with Crippen LogP contribution < -0.4 is 5.32 Å². The lowest BCUT2D eigenvalue weighted by molar-refractivity contribution is -0.127. The number of nitrogens with one attached hydrogen (secondary N) is 1. The van der Waals surface area contributed by atoms with Crippen molar-refractivity contribution in [3.63, 3.8) is 0 Å². The van der Waals surface area contributed by atoms with Crippen LogP contribution in [0.4, 0.5) is 8.78 Å². The summed E-state index contributed by atoms with van der Waals surface area (Å²) in [6.07, 6.45) is 2.58. The zero-order valence-corrected chi connectivity index (χ0v) is 13.3. The third-order valence-electron chi connectivity index (χ3n) is 4.54. The van der Waals surface area contributed by atoms with Crippen LogP contribution in [0.2, 0.25) is 0 Å². The molecule has 0 bridgehead atoms. The highest BCUT2D eigenvalue weighted by Gasteiger charge is 2.39. The predicted octanol–water partition coefficient (Wildman–Crippen LogP) is 2.72. The van der Waals surface area contributed by atoms with Gasteiger partial charge in [-0.05, 0) is 42.0 Å². The molecule has 22 heavy (non-hydrogen) atoms. The van der Waals surface area contributed by atoms with E-state index in [0.29, 0.717) is 18.0 Å². The molecule has 0 saturated carbocycles. The fraction of sp³-hybridized carbons (Fsp3) is 0.562. The van der Waals surface area contributed by atoms with Gasteiger partial charge in [-0.1, -0.05) is 6.07 Å². The summed E-state index contributed by atoms with van der Waals surface area (Å²) in [4.78, 5) is 13.7. The van der Waals surface area contributed by atoms with Gasteiger partial charge in [-0.3, -0.25) is 4.79 Å². The summed E-state index contributed by atoms with van der Waals surface area (Å²) in [6.45, 7) is 0. The first-order chi connectivity index (χ1) is 10.6. The second-order valence-electron chi connectivity index (χ2n) is 5.99. The van der Waals surface area contributed by atoms with Crippen LogP contribution in [0.5, 0.6) is 0 Å². The number of thioether (sulfide) groups is 1. The molecule has 1 N–H and O–H groups in total. The summed E-state index contributed by atoms with van der Waals surface area (Å²) in [7, 11) is 1.73. The molecule has 120 valence electrons. The van der Waals surface area contributed by atoms with Crippen molar-refractivity contribution < 1.29 is 13.6 Å². The highest BCUT2D eigenvalue weighted by atomic mass is 32.2. The normalized spacial score (nSPS) is 26.7. The minimum absolute atomic E-state index is 0.0393. The summed E-state index contributed by atoms with van der Waals surface area (Å²) in [5.74, 6) is 0.577. The van der Waals surface area contributed by atoms with E-state index < -0.39 is 11.6 Å². The monoisotopic (exact) mass is 326 g/mol. The van der Waals surface area contributed by atoms with Crippen molar-refractivity contribution in [3.8, 4) is 0 Å². The Morgan fingerprint density at radius 1 is 1.23 bits per heavy atom. The number of rotatable bonds is 3. The minimum atomic E-state index is -0.863. The Morgan fingerprint density at radius 2 is 1.95 bits per heavy atom. The summed E-state index contributed by atoms with van der Waals surface area (Å²) < 4.78 is 26.7. The molecule has 6 heteroatoms. The first-order valence-corrected chi connectivity index (χ1v) is 8.76. The molecule has 0 unspecified atom stereocenters. The molecule has 1 aromatic carbocycles. The maximum Gasteiger partial charge on any atom is 0.224 e. The number of benzene rings is 1. The van der Waals surface area contributed by atoms with E-state index in [-0.39, 0.29) is 18.0 Å². The molecular formula is C16H20F2N2OS. The molecule has 3 rings (SSSR count). The topological polar surface area (TPSA) is 32.3 Å². The highest BCUT2D eigenvalue weighted by molar-refractivity contribution is 7.99. The van der Waals surface area contributed by atoms with Gasteiger partial charge in [0.15, 0.2) is 11.6 Å². The molecule has 2 heterocycles. The average molecular weight is 326 g/mol. The van der Waals surface area contributed by atoms with Crippen molar-refractivity contribution in [2.24, 2.45) is 0 Å². The molecule has 0 spiro atoms. The molecule has 2 fully saturated rings. The number of likely N-dealkylation sites (N-methyl/N-ethyl adjacent to an activating group) is 1. The molecule has 2 aliphatic heterocycles. The first-order valence-electron chi connectivity index (χ1n) is 7.60. The molecule has 3 nitrogen and oxygen atoms in total. The third-order valence-corrected chi connectivity index (χ3v) is 5.59. The van der Waals surface area contributed by atoms with Crippen LogP contribution >= 0.6 is 11.8 Å². The fourth-order valence-electron chi connectivity index (χ4n) is 3.34. The van der Waals surface area contributed by atoms with Crippen LogP contribution in [-0.4, -0.2) is 41.4 Å². The molecule has 2 saturated heterocycles. The van der Waals surface area contributed by atoms with Gasteiger partial charge < -0.3 is 10.2 Å². The SMILES string of the molecule is CN1C(=O)C[C@@H](NC2CCSCC2)[C@@H]1c1ccc(F)c(F)c1. The Morgan fingerprint density at radius 3 is 2.64 bits per heavy atom. The molecule has 1 amide bonds. The number of hydrogen-bond donors (Lipinski definition) is 1. The second kappa shape index (κ2) is 6.54. The number of carbonyl (C=O) groups is 1. The molecular weight excluding hydrogens is 306 g/mol. The predicted molar refractivity (Wildman–Crippen MR) is 83.8 cm³/mol. The number of hydrogen-bond acceptors (Lipinski definition) is 3. The van der Waals surface area contributed by atoms with Gasteiger partial charge in [-0.2, -0.15) is 11.8 Å². The van der Waals surface area contributed by atoms with E-state index in [1.807, 2.05) is 11.8 Å². The molecule has 0 aromatic heterocycles. The van der Waals surface area contributed by atoms with Gasteiger partial charge in [0.05, 0.1) is 6.04 Å². The van der Waals surface area contributed by atoms with E-state index >= 15 is 0 Å². The third kappa shape index (κ3) is 3.13. The lowest BCUT2D eigenvalue weighted by Crippen LogP contribution is -2.43. The van der Waals surface area contributed by atoms with Crippen LogP contribution in [0.25, 0.3) is 0 Å². The van der Waals surface area contributed by atoms with Crippen molar-refractivity contribution in [1.82, 2.24) is 10.2 Å². The van der Waals surface area contributed by atoms with E-state index in [1.165, 1.54) is 6.07 Å². The number of nitrogens with zero attached hydrogens (tertiary/aromatic N) is 1. The minimum Gasteiger partial charge on any atom is -0.337 e. The lowest BCUT2D eigenvalue weighted by atomic mass is 9.98. The molecule has 1 aromatic rings. The molecule has 2 atom stereocenters. The van der Waals surface area contributed by atoms with E-state index in [4.69, 9.17) is 0 Å². The van der Waals surface area contributed by atoms with E-state index in [2.05, 4.69) is 5.32 Å². The summed E-state index contributed by atoms with van der Waals surface area (Å²) in [5.41, 5.74) is 0.648. The molecule has 2 aliphatic rings. The largest absolute Gasteiger partial charge is 0.337 e. The average Bonchev–Trinajstić information content (AvgIpc) is 2.78.